The molecule has 4 rings (SSSR count). The number of carbonyl (C=O) groups excluding carboxylic acids is 1. The number of aryl methyl sites for hydroxylation is 1. The number of nitrogens with zero attached hydrogens (tertiary/aromatic N) is 3. The second-order valence-corrected chi connectivity index (χ2v) is 9.28. The molecule has 0 bridgehead atoms. The first-order valence-corrected chi connectivity index (χ1v) is 11.8. The number of ether oxygens (including phenoxy) is 2. The van der Waals surface area contributed by atoms with Crippen molar-refractivity contribution in [2.45, 2.75) is 13.5 Å². The van der Waals surface area contributed by atoms with Crippen molar-refractivity contribution in [3.8, 4) is 5.75 Å². The normalized spacial score (nSPS) is 14.9. The van der Waals surface area contributed by atoms with Crippen LogP contribution in [0.5, 0.6) is 5.75 Å². The van der Waals surface area contributed by atoms with Crippen LogP contribution in [0.3, 0.4) is 0 Å². The first-order chi connectivity index (χ1) is 16.4. The first-order valence-electron chi connectivity index (χ1n) is 10.6. The molecule has 3 heterocycles. The summed E-state index contributed by atoms with van der Waals surface area (Å²) in [4.78, 5) is 33.1. The summed E-state index contributed by atoms with van der Waals surface area (Å²) in [7, 11) is 3.20. The second-order valence-electron chi connectivity index (χ2n) is 7.60. The molecule has 1 amide bonds. The number of nitrogens with one attached hydrogen (secondary N) is 1. The van der Waals surface area contributed by atoms with Crippen LogP contribution >= 0.6 is 24.0 Å². The van der Waals surface area contributed by atoms with Crippen LogP contribution in [0.4, 0.5) is 5.82 Å². The molecule has 10 heteroatoms. The number of amides is 1. The fourth-order valence-electron chi connectivity index (χ4n) is 3.53. The Kier molecular flexibility index (Phi) is 7.30. The Morgan fingerprint density at radius 3 is 2.65 bits per heavy atom. The molecule has 1 fully saturated rings. The van der Waals surface area contributed by atoms with Gasteiger partial charge in [0.15, 0.2) is 0 Å². The maximum Gasteiger partial charge on any atom is 0.267 e. The van der Waals surface area contributed by atoms with E-state index in [1.54, 1.807) is 32.6 Å². The first kappa shape index (κ1) is 23.9. The summed E-state index contributed by atoms with van der Waals surface area (Å²) >= 11 is 6.65. The number of hydrogen-bond donors (Lipinski definition) is 1. The standard InChI is InChI=1S/C24H24N4O4S2/c1-15-5-4-11-27-21(15)26-20(25-10-12-31-2)18(22(27)29)13-19-23(30)28(24(33)34-19)14-16-6-8-17(32-3)9-7-16/h4-9,11,13,25H,10,12,14H2,1-3H3/b19-13+. The van der Waals surface area contributed by atoms with Gasteiger partial charge in [0, 0.05) is 19.9 Å². The Morgan fingerprint density at radius 1 is 1.18 bits per heavy atom. The number of methoxy groups -OCH3 is 2. The lowest BCUT2D eigenvalue weighted by Crippen LogP contribution is -2.27. The van der Waals surface area contributed by atoms with Gasteiger partial charge < -0.3 is 14.8 Å². The molecule has 1 aliphatic heterocycles. The number of aromatic nitrogens is 2. The minimum absolute atomic E-state index is 0.248. The van der Waals surface area contributed by atoms with Crippen LogP contribution in [-0.4, -0.2) is 51.9 Å². The highest BCUT2D eigenvalue weighted by atomic mass is 32.2. The largest absolute Gasteiger partial charge is 0.497 e. The highest BCUT2D eigenvalue weighted by Crippen LogP contribution is 2.34. The van der Waals surface area contributed by atoms with Crippen molar-refractivity contribution in [1.29, 1.82) is 0 Å². The molecular formula is C24H24N4O4S2. The summed E-state index contributed by atoms with van der Waals surface area (Å²) in [6, 6.07) is 11.1. The van der Waals surface area contributed by atoms with Gasteiger partial charge in [-0.3, -0.25) is 18.9 Å². The molecule has 0 radical (unpaired) electrons. The number of thioether (sulfide) groups is 1. The number of rotatable bonds is 8. The van der Waals surface area contributed by atoms with Crippen molar-refractivity contribution in [1.82, 2.24) is 14.3 Å². The number of thiocarbonyl (C=S) groups is 1. The molecule has 1 aromatic carbocycles. The zero-order chi connectivity index (χ0) is 24.2. The average molecular weight is 497 g/mol. The van der Waals surface area contributed by atoms with Gasteiger partial charge >= 0.3 is 0 Å². The number of pyridine rings is 1. The van der Waals surface area contributed by atoms with E-state index in [4.69, 9.17) is 21.7 Å². The fraction of sp³-hybridized carbons (Fsp3) is 0.250. The molecule has 0 spiro atoms. The average Bonchev–Trinajstić information content (AvgIpc) is 3.10. The Labute approximate surface area is 206 Å². The molecule has 3 aromatic rings. The van der Waals surface area contributed by atoms with Crippen LogP contribution in [0.25, 0.3) is 11.7 Å². The molecule has 0 saturated carbocycles. The summed E-state index contributed by atoms with van der Waals surface area (Å²) in [5, 5.41) is 3.16. The lowest BCUT2D eigenvalue weighted by molar-refractivity contribution is -0.122. The Morgan fingerprint density at radius 2 is 1.94 bits per heavy atom. The van der Waals surface area contributed by atoms with Gasteiger partial charge in [-0.25, -0.2) is 4.98 Å². The van der Waals surface area contributed by atoms with Crippen LogP contribution in [0.2, 0.25) is 0 Å². The van der Waals surface area contributed by atoms with Gasteiger partial charge in [-0.15, -0.1) is 0 Å². The Balaban J connectivity index is 1.70. The van der Waals surface area contributed by atoms with Crippen molar-refractivity contribution in [2.75, 3.05) is 32.7 Å². The van der Waals surface area contributed by atoms with Crippen molar-refractivity contribution in [3.05, 3.63) is 74.5 Å². The predicted molar refractivity (Wildman–Crippen MR) is 138 cm³/mol. The van der Waals surface area contributed by atoms with Crippen LogP contribution in [0, 0.1) is 6.92 Å². The smallest absolute Gasteiger partial charge is 0.267 e. The lowest BCUT2D eigenvalue weighted by Gasteiger charge is -2.15. The van der Waals surface area contributed by atoms with E-state index in [9.17, 15) is 9.59 Å². The van der Waals surface area contributed by atoms with Crippen LogP contribution in [0.1, 0.15) is 16.7 Å². The molecule has 176 valence electrons. The maximum atomic E-state index is 13.4. The maximum absolute atomic E-state index is 13.4. The molecule has 0 aliphatic carbocycles. The zero-order valence-electron chi connectivity index (χ0n) is 19.0. The van der Waals surface area contributed by atoms with Gasteiger partial charge in [-0.2, -0.15) is 0 Å². The third kappa shape index (κ3) is 4.84. The van der Waals surface area contributed by atoms with E-state index in [1.807, 2.05) is 37.3 Å². The van der Waals surface area contributed by atoms with Gasteiger partial charge in [0.2, 0.25) is 0 Å². The van der Waals surface area contributed by atoms with Crippen LogP contribution in [-0.2, 0) is 16.1 Å². The Hall–Kier alpha value is -3.21. The van der Waals surface area contributed by atoms with E-state index in [0.717, 1.165) is 16.9 Å². The Bertz CT molecular complexity index is 1340. The number of carbonyl (C=O) groups is 1. The van der Waals surface area contributed by atoms with E-state index in [2.05, 4.69) is 10.3 Å². The monoisotopic (exact) mass is 496 g/mol. The molecule has 1 saturated heterocycles. The van der Waals surface area contributed by atoms with Gasteiger partial charge in [0.05, 0.1) is 30.7 Å². The van der Waals surface area contributed by atoms with Gasteiger partial charge in [-0.05, 0) is 42.3 Å². The van der Waals surface area contributed by atoms with Crippen molar-refractivity contribution in [3.63, 3.8) is 0 Å². The highest BCUT2D eigenvalue weighted by Gasteiger charge is 2.32. The summed E-state index contributed by atoms with van der Waals surface area (Å²) in [6.45, 7) is 3.13. The summed E-state index contributed by atoms with van der Waals surface area (Å²) < 4.78 is 12.2. The summed E-state index contributed by atoms with van der Waals surface area (Å²) in [5.41, 5.74) is 2.37. The predicted octanol–water partition coefficient (Wildman–Crippen LogP) is 3.47. The van der Waals surface area contributed by atoms with Gasteiger partial charge in [0.1, 0.15) is 21.5 Å². The molecule has 2 aromatic heterocycles. The molecule has 1 N–H and O–H groups in total. The van der Waals surface area contributed by atoms with Gasteiger partial charge in [0.25, 0.3) is 11.5 Å². The minimum atomic E-state index is -0.269. The van der Waals surface area contributed by atoms with Crippen LogP contribution in [0.15, 0.2) is 52.3 Å². The highest BCUT2D eigenvalue weighted by molar-refractivity contribution is 8.26. The van der Waals surface area contributed by atoms with Gasteiger partial charge in [-0.1, -0.05) is 42.2 Å². The van der Waals surface area contributed by atoms with E-state index in [0.29, 0.717) is 46.0 Å². The SMILES string of the molecule is COCCNc1nc2c(C)cccn2c(=O)c1/C=C1/SC(=S)N(Cc2ccc(OC)cc2)C1=O. The van der Waals surface area contributed by atoms with Crippen molar-refractivity contribution in [2.24, 2.45) is 0 Å². The molecule has 1 aliphatic rings. The molecule has 0 unspecified atom stereocenters. The third-order valence-electron chi connectivity index (χ3n) is 5.33. The molecule has 0 atom stereocenters. The van der Waals surface area contributed by atoms with E-state index < -0.39 is 0 Å². The van der Waals surface area contributed by atoms with E-state index in [1.165, 1.54) is 21.1 Å². The zero-order valence-corrected chi connectivity index (χ0v) is 20.7. The number of benzene rings is 1. The summed E-state index contributed by atoms with van der Waals surface area (Å²) in [6.07, 6.45) is 3.25. The second kappa shape index (κ2) is 10.4. The topological polar surface area (TPSA) is 85.2 Å². The minimum Gasteiger partial charge on any atom is -0.497 e. The number of anilines is 1. The molecule has 34 heavy (non-hydrogen) atoms. The van der Waals surface area contributed by atoms with E-state index >= 15 is 0 Å². The number of hydrogen-bond acceptors (Lipinski definition) is 8. The lowest BCUT2D eigenvalue weighted by atomic mass is 10.2. The fourth-order valence-corrected chi connectivity index (χ4v) is 4.77. The summed E-state index contributed by atoms with van der Waals surface area (Å²) in [5.74, 6) is 0.890. The van der Waals surface area contributed by atoms with Crippen molar-refractivity contribution >= 4 is 51.7 Å². The van der Waals surface area contributed by atoms with Crippen molar-refractivity contribution < 1.29 is 14.3 Å². The molecule has 8 nitrogen and oxygen atoms in total. The third-order valence-corrected chi connectivity index (χ3v) is 6.71. The van der Waals surface area contributed by atoms with E-state index in [-0.39, 0.29) is 11.5 Å². The van der Waals surface area contributed by atoms with Crippen LogP contribution < -0.4 is 15.6 Å². The quantitative estimate of drug-likeness (QED) is 0.288. The number of fused-ring (bicyclic) bond motifs is 1. The molecular weight excluding hydrogens is 472 g/mol.